The molecule has 0 bridgehead atoms. The topological polar surface area (TPSA) is 18.5 Å². The van der Waals surface area contributed by atoms with Gasteiger partial charge in [-0.05, 0) is 55.7 Å². The molecule has 0 amide bonds. The van der Waals surface area contributed by atoms with E-state index in [-0.39, 0.29) is 11.9 Å². The summed E-state index contributed by atoms with van der Waals surface area (Å²) in [5, 5.41) is 0. The first kappa shape index (κ1) is 19.3. The van der Waals surface area contributed by atoms with Crippen molar-refractivity contribution in [2.24, 2.45) is 0 Å². The van der Waals surface area contributed by atoms with Crippen molar-refractivity contribution in [2.75, 3.05) is 6.61 Å². The van der Waals surface area contributed by atoms with Gasteiger partial charge in [-0.25, -0.2) is 4.39 Å². The minimum absolute atomic E-state index is 0.00760. The van der Waals surface area contributed by atoms with E-state index in [0.29, 0.717) is 18.6 Å². The van der Waals surface area contributed by atoms with Crippen molar-refractivity contribution < 1.29 is 18.3 Å². The van der Waals surface area contributed by atoms with Gasteiger partial charge < -0.3 is 9.47 Å². The number of hydrogen-bond acceptors (Lipinski definition) is 2. The summed E-state index contributed by atoms with van der Waals surface area (Å²) in [6, 6.07) is 1.76. The maximum atomic E-state index is 14.7. The van der Waals surface area contributed by atoms with Gasteiger partial charge in [-0.2, -0.15) is 4.39 Å². The van der Waals surface area contributed by atoms with Crippen LogP contribution in [0.1, 0.15) is 82.4 Å². The summed E-state index contributed by atoms with van der Waals surface area (Å²) in [5.74, 6) is -1.55. The van der Waals surface area contributed by atoms with E-state index in [1.165, 1.54) is 18.4 Å². The second-order valence-electron chi connectivity index (χ2n) is 7.50. The molecule has 1 aromatic rings. The number of fused-ring (bicyclic) bond motifs is 1. The molecule has 26 heavy (non-hydrogen) atoms. The van der Waals surface area contributed by atoms with Crippen LogP contribution >= 0.6 is 0 Å². The van der Waals surface area contributed by atoms with E-state index in [1.807, 2.05) is 0 Å². The molecule has 0 saturated heterocycles. The van der Waals surface area contributed by atoms with Crippen LogP contribution in [0.2, 0.25) is 0 Å². The number of ether oxygens (including phenoxy) is 2. The Morgan fingerprint density at radius 3 is 2.65 bits per heavy atom. The van der Waals surface area contributed by atoms with Crippen molar-refractivity contribution in [3.8, 4) is 5.75 Å². The van der Waals surface area contributed by atoms with Gasteiger partial charge in [0.05, 0.1) is 18.8 Å². The smallest absolute Gasteiger partial charge is 0.201 e. The zero-order chi connectivity index (χ0) is 18.5. The molecule has 0 aliphatic carbocycles. The molecular weight excluding hydrogens is 334 g/mol. The molecule has 0 fully saturated rings. The van der Waals surface area contributed by atoms with E-state index < -0.39 is 17.7 Å². The molecule has 2 heterocycles. The number of halogens is 2. The predicted octanol–water partition coefficient (Wildman–Crippen LogP) is 6.43. The predicted molar refractivity (Wildman–Crippen MR) is 99.5 cm³/mol. The van der Waals surface area contributed by atoms with E-state index in [4.69, 9.17) is 9.47 Å². The van der Waals surface area contributed by atoms with Crippen molar-refractivity contribution in [2.45, 2.75) is 83.8 Å². The van der Waals surface area contributed by atoms with Gasteiger partial charge in [0, 0.05) is 5.56 Å². The Morgan fingerprint density at radius 2 is 1.96 bits per heavy atom. The molecule has 2 atom stereocenters. The van der Waals surface area contributed by atoms with Crippen molar-refractivity contribution in [3.05, 3.63) is 40.5 Å². The molecule has 4 heteroatoms. The maximum Gasteiger partial charge on any atom is 0.201 e. The number of benzene rings is 1. The van der Waals surface area contributed by atoms with Crippen LogP contribution in [0.4, 0.5) is 8.78 Å². The van der Waals surface area contributed by atoms with Crippen molar-refractivity contribution >= 4 is 0 Å². The number of unbranched alkanes of at least 4 members (excludes halogenated alkanes) is 2. The first-order chi connectivity index (χ1) is 12.6. The molecule has 2 aliphatic rings. The lowest BCUT2D eigenvalue weighted by atomic mass is 9.93. The molecule has 0 spiro atoms. The third-order valence-electron chi connectivity index (χ3n) is 5.44. The monoisotopic (exact) mass is 364 g/mol. The Labute approximate surface area is 155 Å². The molecule has 0 saturated carbocycles. The van der Waals surface area contributed by atoms with E-state index in [9.17, 15) is 8.78 Å². The lowest BCUT2D eigenvalue weighted by molar-refractivity contribution is 0.0561. The standard InChI is InChI=1S/C22H30F2O2/c1-3-5-6-8-15-9-12-19(25-14-15)18-13-16-10-11-17(7-4-2)26-22(16)21(24)20(18)23/h9,13,17,19H,3-8,10-12,14H2,1-2H3. The fraction of sp³-hybridized carbons (Fsp3) is 0.636. The van der Waals surface area contributed by atoms with Crippen LogP contribution in [0.5, 0.6) is 5.75 Å². The fourth-order valence-electron chi connectivity index (χ4n) is 3.90. The van der Waals surface area contributed by atoms with Gasteiger partial charge in [-0.15, -0.1) is 0 Å². The van der Waals surface area contributed by atoms with Crippen molar-refractivity contribution in [1.29, 1.82) is 0 Å². The Balaban J connectivity index is 1.73. The average Bonchev–Trinajstić information content (AvgIpc) is 2.66. The highest BCUT2D eigenvalue weighted by Gasteiger charge is 2.30. The van der Waals surface area contributed by atoms with Gasteiger partial charge in [0.25, 0.3) is 0 Å². The van der Waals surface area contributed by atoms with Crippen LogP contribution in [-0.2, 0) is 11.2 Å². The molecule has 3 rings (SSSR count). The second kappa shape index (κ2) is 8.98. The lowest BCUT2D eigenvalue weighted by Gasteiger charge is -2.29. The summed E-state index contributed by atoms with van der Waals surface area (Å²) in [6.07, 6.45) is 10.4. The number of hydrogen-bond donors (Lipinski definition) is 0. The molecule has 0 aromatic heterocycles. The minimum Gasteiger partial charge on any atom is -0.487 e. The molecular formula is C22H30F2O2. The van der Waals surface area contributed by atoms with Crippen LogP contribution in [0.25, 0.3) is 0 Å². The first-order valence-corrected chi connectivity index (χ1v) is 10.1. The molecule has 1 aromatic carbocycles. The van der Waals surface area contributed by atoms with E-state index in [2.05, 4.69) is 19.9 Å². The SMILES string of the molecule is CCCCCC1=CCC(c2cc3c(c(F)c2F)OC(CCC)CC3)OC1. The summed E-state index contributed by atoms with van der Waals surface area (Å²) >= 11 is 0. The zero-order valence-electron chi connectivity index (χ0n) is 16.0. The summed E-state index contributed by atoms with van der Waals surface area (Å²) in [6.45, 7) is 4.77. The van der Waals surface area contributed by atoms with Gasteiger partial charge in [-0.3, -0.25) is 0 Å². The van der Waals surface area contributed by atoms with Gasteiger partial charge in [-0.1, -0.05) is 39.2 Å². The molecule has 2 nitrogen and oxygen atoms in total. The van der Waals surface area contributed by atoms with E-state index >= 15 is 0 Å². The normalized spacial score (nSPS) is 22.5. The minimum atomic E-state index is -0.848. The fourth-order valence-corrected chi connectivity index (χ4v) is 3.90. The molecule has 2 unspecified atom stereocenters. The van der Waals surface area contributed by atoms with Crippen LogP contribution in [0.15, 0.2) is 17.7 Å². The molecule has 0 N–H and O–H groups in total. The Morgan fingerprint density at radius 1 is 1.12 bits per heavy atom. The maximum absolute atomic E-state index is 14.7. The van der Waals surface area contributed by atoms with E-state index in [1.54, 1.807) is 6.07 Å². The highest BCUT2D eigenvalue weighted by molar-refractivity contribution is 5.42. The largest absolute Gasteiger partial charge is 0.487 e. The summed E-state index contributed by atoms with van der Waals surface area (Å²) in [7, 11) is 0. The summed E-state index contributed by atoms with van der Waals surface area (Å²) in [4.78, 5) is 0. The number of rotatable bonds is 7. The van der Waals surface area contributed by atoms with Gasteiger partial charge in [0.15, 0.2) is 11.6 Å². The highest BCUT2D eigenvalue weighted by atomic mass is 19.2. The Bertz CT molecular complexity index is 654. The number of aryl methyl sites for hydroxylation is 1. The van der Waals surface area contributed by atoms with Crippen molar-refractivity contribution in [3.63, 3.8) is 0 Å². The quantitative estimate of drug-likeness (QED) is 0.410. The molecule has 144 valence electrons. The average molecular weight is 364 g/mol. The van der Waals surface area contributed by atoms with Crippen molar-refractivity contribution in [1.82, 2.24) is 0 Å². The van der Waals surface area contributed by atoms with Gasteiger partial charge in [0.1, 0.15) is 0 Å². The third kappa shape index (κ3) is 4.28. The van der Waals surface area contributed by atoms with Crippen LogP contribution in [0, 0.1) is 11.6 Å². The van der Waals surface area contributed by atoms with Gasteiger partial charge >= 0.3 is 0 Å². The third-order valence-corrected chi connectivity index (χ3v) is 5.44. The lowest BCUT2D eigenvalue weighted by Crippen LogP contribution is -2.24. The molecule has 0 radical (unpaired) electrons. The Kier molecular flexibility index (Phi) is 6.68. The van der Waals surface area contributed by atoms with Crippen LogP contribution in [-0.4, -0.2) is 12.7 Å². The molecule has 2 aliphatic heterocycles. The van der Waals surface area contributed by atoms with Gasteiger partial charge in [0.2, 0.25) is 5.82 Å². The second-order valence-corrected chi connectivity index (χ2v) is 7.50. The Hall–Kier alpha value is -1.42. The van der Waals surface area contributed by atoms with Crippen LogP contribution < -0.4 is 4.74 Å². The summed E-state index contributed by atoms with van der Waals surface area (Å²) < 4.78 is 40.9. The first-order valence-electron chi connectivity index (χ1n) is 10.1. The highest BCUT2D eigenvalue weighted by Crippen LogP contribution is 2.39. The summed E-state index contributed by atoms with van der Waals surface area (Å²) in [5.41, 5.74) is 2.38. The zero-order valence-corrected chi connectivity index (χ0v) is 16.0. The van der Waals surface area contributed by atoms with E-state index in [0.717, 1.165) is 44.1 Å². The van der Waals surface area contributed by atoms with Crippen LogP contribution in [0.3, 0.4) is 0 Å².